The van der Waals surface area contributed by atoms with Gasteiger partial charge in [-0.2, -0.15) is 0 Å². The van der Waals surface area contributed by atoms with Gasteiger partial charge in [0.05, 0.1) is 0 Å². The van der Waals surface area contributed by atoms with E-state index in [0.717, 1.165) is 20.6 Å². The predicted octanol–water partition coefficient (Wildman–Crippen LogP) is 5.92. The number of hydrogen-bond acceptors (Lipinski definition) is 0. The van der Waals surface area contributed by atoms with Crippen molar-refractivity contribution in [3.8, 4) is 11.1 Å². The Balaban J connectivity index is 2.42. The maximum absolute atomic E-state index is 6.31. The molecule has 88 valence electrons. The van der Waals surface area contributed by atoms with Gasteiger partial charge in [0.25, 0.3) is 0 Å². The van der Waals surface area contributed by atoms with E-state index in [1.54, 1.807) is 0 Å². The highest BCUT2D eigenvalue weighted by atomic mass is 79.9. The van der Waals surface area contributed by atoms with Crippen molar-refractivity contribution in [2.75, 3.05) is 0 Å². The van der Waals surface area contributed by atoms with E-state index >= 15 is 0 Å². The van der Waals surface area contributed by atoms with Gasteiger partial charge in [-0.05, 0) is 22.9 Å². The summed E-state index contributed by atoms with van der Waals surface area (Å²) in [6, 6.07) is 20.4. The van der Waals surface area contributed by atoms with Crippen LogP contribution in [-0.4, -0.2) is 0 Å². The average Bonchev–Trinajstić information content (AvgIpc) is 2.40. The van der Waals surface area contributed by atoms with Crippen LogP contribution in [0.3, 0.4) is 0 Å². The average molecular weight is 318 g/mol. The largest absolute Gasteiger partial charge is 0.0837 e. The Morgan fingerprint density at radius 2 is 1.50 bits per heavy atom. The minimum absolute atomic E-state index is 0.773. The standard InChI is InChI=1S/C16H10BrCl/c17-14-10-9-11-5-1-2-6-12(11)16(14)13-7-3-4-8-15(13)18/h1-10H. The third-order valence-electron chi connectivity index (χ3n) is 3.02. The maximum atomic E-state index is 6.31. The van der Waals surface area contributed by atoms with E-state index in [2.05, 4.69) is 52.3 Å². The van der Waals surface area contributed by atoms with E-state index in [9.17, 15) is 0 Å². The fraction of sp³-hybridized carbons (Fsp3) is 0. The highest BCUT2D eigenvalue weighted by molar-refractivity contribution is 9.10. The summed E-state index contributed by atoms with van der Waals surface area (Å²) < 4.78 is 1.06. The van der Waals surface area contributed by atoms with Gasteiger partial charge in [-0.15, -0.1) is 0 Å². The lowest BCUT2D eigenvalue weighted by Crippen LogP contribution is -1.84. The van der Waals surface area contributed by atoms with Crippen LogP contribution in [0, 0.1) is 0 Å². The molecule has 0 atom stereocenters. The molecule has 0 fully saturated rings. The Morgan fingerprint density at radius 1 is 0.778 bits per heavy atom. The number of benzene rings is 3. The summed E-state index contributed by atoms with van der Waals surface area (Å²) in [5, 5.41) is 3.20. The van der Waals surface area contributed by atoms with Crippen LogP contribution < -0.4 is 0 Å². The highest BCUT2D eigenvalue weighted by Gasteiger charge is 2.10. The molecule has 0 saturated carbocycles. The molecule has 0 bridgehead atoms. The Morgan fingerprint density at radius 3 is 2.33 bits per heavy atom. The van der Waals surface area contributed by atoms with Gasteiger partial charge in [0.2, 0.25) is 0 Å². The highest BCUT2D eigenvalue weighted by Crippen LogP contribution is 2.38. The third kappa shape index (κ3) is 1.94. The fourth-order valence-electron chi connectivity index (χ4n) is 2.18. The first-order valence-electron chi connectivity index (χ1n) is 5.69. The Bertz CT molecular complexity index is 719. The van der Waals surface area contributed by atoms with Gasteiger partial charge in [0.1, 0.15) is 0 Å². The second-order valence-corrected chi connectivity index (χ2v) is 5.38. The second kappa shape index (κ2) is 4.75. The molecule has 0 saturated heterocycles. The first kappa shape index (κ1) is 11.8. The Kier molecular flexibility index (Phi) is 3.11. The van der Waals surface area contributed by atoms with Gasteiger partial charge >= 0.3 is 0 Å². The van der Waals surface area contributed by atoms with Crippen molar-refractivity contribution in [1.82, 2.24) is 0 Å². The SMILES string of the molecule is Clc1ccccc1-c1c(Br)ccc2ccccc12. The molecule has 0 spiro atoms. The molecular formula is C16H10BrCl. The number of hydrogen-bond donors (Lipinski definition) is 0. The lowest BCUT2D eigenvalue weighted by atomic mass is 9.98. The topological polar surface area (TPSA) is 0 Å². The number of halogens is 2. The van der Waals surface area contributed by atoms with Crippen LogP contribution in [0.2, 0.25) is 5.02 Å². The predicted molar refractivity (Wildman–Crippen MR) is 82.1 cm³/mol. The Labute approximate surface area is 119 Å². The molecule has 0 aliphatic rings. The van der Waals surface area contributed by atoms with Gasteiger partial charge in [0, 0.05) is 20.6 Å². The van der Waals surface area contributed by atoms with Crippen molar-refractivity contribution >= 4 is 38.3 Å². The molecule has 0 aromatic heterocycles. The van der Waals surface area contributed by atoms with Crippen molar-refractivity contribution in [3.63, 3.8) is 0 Å². The molecule has 18 heavy (non-hydrogen) atoms. The summed E-state index contributed by atoms with van der Waals surface area (Å²) in [6.07, 6.45) is 0. The van der Waals surface area contributed by atoms with E-state index in [-0.39, 0.29) is 0 Å². The lowest BCUT2D eigenvalue weighted by molar-refractivity contribution is 1.62. The molecule has 0 unspecified atom stereocenters. The van der Waals surface area contributed by atoms with Crippen molar-refractivity contribution < 1.29 is 0 Å². The van der Waals surface area contributed by atoms with Gasteiger partial charge in [0.15, 0.2) is 0 Å². The maximum Gasteiger partial charge on any atom is 0.0485 e. The Hall–Kier alpha value is -1.31. The van der Waals surface area contributed by atoms with Gasteiger partial charge < -0.3 is 0 Å². The minimum Gasteiger partial charge on any atom is -0.0837 e. The lowest BCUT2D eigenvalue weighted by Gasteiger charge is -2.11. The van der Waals surface area contributed by atoms with E-state index in [1.165, 1.54) is 10.8 Å². The molecule has 0 aliphatic heterocycles. The van der Waals surface area contributed by atoms with Gasteiger partial charge in [-0.1, -0.05) is 76.1 Å². The van der Waals surface area contributed by atoms with Crippen LogP contribution in [-0.2, 0) is 0 Å². The van der Waals surface area contributed by atoms with E-state index in [0.29, 0.717) is 0 Å². The zero-order chi connectivity index (χ0) is 12.5. The molecule has 3 aromatic rings. The first-order chi connectivity index (χ1) is 8.77. The van der Waals surface area contributed by atoms with Crippen LogP contribution >= 0.6 is 27.5 Å². The molecule has 0 radical (unpaired) electrons. The van der Waals surface area contributed by atoms with Crippen LogP contribution in [0.15, 0.2) is 65.1 Å². The molecule has 0 amide bonds. The summed E-state index contributed by atoms with van der Waals surface area (Å²) >= 11 is 9.94. The zero-order valence-electron chi connectivity index (χ0n) is 9.53. The van der Waals surface area contributed by atoms with E-state index in [1.807, 2.05) is 24.3 Å². The smallest absolute Gasteiger partial charge is 0.0485 e. The molecule has 3 aromatic carbocycles. The van der Waals surface area contributed by atoms with Crippen LogP contribution in [0.4, 0.5) is 0 Å². The summed E-state index contributed by atoms with van der Waals surface area (Å²) in [4.78, 5) is 0. The van der Waals surface area contributed by atoms with Crippen LogP contribution in [0.5, 0.6) is 0 Å². The quantitative estimate of drug-likeness (QED) is 0.522. The van der Waals surface area contributed by atoms with Gasteiger partial charge in [-0.3, -0.25) is 0 Å². The fourth-order valence-corrected chi connectivity index (χ4v) is 2.97. The van der Waals surface area contributed by atoms with Crippen molar-refractivity contribution in [2.24, 2.45) is 0 Å². The van der Waals surface area contributed by atoms with Crippen molar-refractivity contribution in [3.05, 3.63) is 70.2 Å². The molecule has 0 aliphatic carbocycles. The third-order valence-corrected chi connectivity index (χ3v) is 4.01. The van der Waals surface area contributed by atoms with Crippen LogP contribution in [0.25, 0.3) is 21.9 Å². The summed E-state index contributed by atoms with van der Waals surface area (Å²) in [5.41, 5.74) is 2.21. The normalized spacial score (nSPS) is 10.8. The van der Waals surface area contributed by atoms with Gasteiger partial charge in [-0.25, -0.2) is 0 Å². The van der Waals surface area contributed by atoms with E-state index in [4.69, 9.17) is 11.6 Å². The van der Waals surface area contributed by atoms with E-state index < -0.39 is 0 Å². The number of fused-ring (bicyclic) bond motifs is 1. The second-order valence-electron chi connectivity index (χ2n) is 4.12. The molecular weight excluding hydrogens is 308 g/mol. The van der Waals surface area contributed by atoms with Crippen molar-refractivity contribution in [1.29, 1.82) is 0 Å². The minimum atomic E-state index is 0.773. The molecule has 0 N–H and O–H groups in total. The zero-order valence-corrected chi connectivity index (χ0v) is 11.9. The number of rotatable bonds is 1. The first-order valence-corrected chi connectivity index (χ1v) is 6.86. The monoisotopic (exact) mass is 316 g/mol. The molecule has 2 heteroatoms. The molecule has 0 heterocycles. The summed E-state index contributed by atoms with van der Waals surface area (Å²) in [7, 11) is 0. The van der Waals surface area contributed by atoms with Crippen LogP contribution in [0.1, 0.15) is 0 Å². The molecule has 0 nitrogen and oxygen atoms in total. The molecule has 3 rings (SSSR count). The summed E-state index contributed by atoms with van der Waals surface area (Å²) in [5.74, 6) is 0. The van der Waals surface area contributed by atoms with Crippen molar-refractivity contribution in [2.45, 2.75) is 0 Å². The summed E-state index contributed by atoms with van der Waals surface area (Å²) in [6.45, 7) is 0.